The van der Waals surface area contributed by atoms with Gasteiger partial charge in [0.15, 0.2) is 0 Å². The molecule has 2 heteroatoms. The number of benzene rings is 2. The van der Waals surface area contributed by atoms with E-state index in [1.54, 1.807) is 0 Å². The fraction of sp³-hybridized carbons (Fsp3) is 0.368. The van der Waals surface area contributed by atoms with Crippen molar-refractivity contribution in [3.8, 4) is 11.1 Å². The third-order valence-corrected chi connectivity index (χ3v) is 5.55. The first-order valence-electron chi connectivity index (χ1n) is 7.77. The first kappa shape index (κ1) is 14.7. The van der Waals surface area contributed by atoms with Crippen LogP contribution in [0, 0.1) is 0 Å². The van der Waals surface area contributed by atoms with Crippen LogP contribution in [0.4, 0.5) is 0 Å². The van der Waals surface area contributed by atoms with Gasteiger partial charge in [-0.15, -0.1) is 0 Å². The maximum atomic E-state index is 3.74. The van der Waals surface area contributed by atoms with Crippen LogP contribution in [0.15, 0.2) is 54.6 Å². The molecule has 0 aromatic heterocycles. The van der Waals surface area contributed by atoms with Crippen molar-refractivity contribution < 1.29 is 0 Å². The van der Waals surface area contributed by atoms with Crippen molar-refractivity contribution in [2.75, 3.05) is 6.26 Å². The van der Waals surface area contributed by atoms with Crippen LogP contribution in [0.5, 0.6) is 0 Å². The van der Waals surface area contributed by atoms with Gasteiger partial charge in [0.2, 0.25) is 0 Å². The minimum absolute atomic E-state index is 0.689. The first-order valence-corrected chi connectivity index (χ1v) is 9.06. The number of nitrogens with one attached hydrogen (secondary N) is 1. The third-order valence-electron chi connectivity index (χ3n) is 4.38. The van der Waals surface area contributed by atoms with E-state index in [0.29, 0.717) is 6.04 Å². The molecule has 0 aliphatic heterocycles. The molecule has 1 N–H and O–H groups in total. The van der Waals surface area contributed by atoms with E-state index in [0.717, 1.165) is 11.8 Å². The number of rotatable bonds is 5. The van der Waals surface area contributed by atoms with Gasteiger partial charge in [-0.3, -0.25) is 0 Å². The summed E-state index contributed by atoms with van der Waals surface area (Å²) in [4.78, 5) is 0. The van der Waals surface area contributed by atoms with E-state index in [1.807, 2.05) is 11.8 Å². The van der Waals surface area contributed by atoms with E-state index in [2.05, 4.69) is 66.2 Å². The van der Waals surface area contributed by atoms with Gasteiger partial charge in [0, 0.05) is 17.8 Å². The smallest absolute Gasteiger partial charge is 0.0208 e. The molecule has 2 aromatic carbocycles. The Hall–Kier alpha value is -1.25. The van der Waals surface area contributed by atoms with Gasteiger partial charge in [0.1, 0.15) is 0 Å². The van der Waals surface area contributed by atoms with Gasteiger partial charge in [-0.25, -0.2) is 0 Å². The van der Waals surface area contributed by atoms with Gasteiger partial charge >= 0.3 is 0 Å². The summed E-state index contributed by atoms with van der Waals surface area (Å²) in [5.74, 6) is 0. The van der Waals surface area contributed by atoms with Crippen molar-refractivity contribution in [3.63, 3.8) is 0 Å². The molecule has 21 heavy (non-hydrogen) atoms. The molecular weight excluding hydrogens is 274 g/mol. The van der Waals surface area contributed by atoms with Crippen LogP contribution < -0.4 is 5.32 Å². The first-order chi connectivity index (χ1) is 10.4. The van der Waals surface area contributed by atoms with Gasteiger partial charge in [-0.05, 0) is 35.8 Å². The lowest BCUT2D eigenvalue weighted by Gasteiger charge is -2.19. The summed E-state index contributed by atoms with van der Waals surface area (Å²) in [6, 6.07) is 20.2. The van der Waals surface area contributed by atoms with Gasteiger partial charge in [0.25, 0.3) is 0 Å². The predicted molar refractivity (Wildman–Crippen MR) is 93.7 cm³/mol. The largest absolute Gasteiger partial charge is 0.309 e. The molecule has 1 saturated carbocycles. The quantitative estimate of drug-likeness (QED) is 0.856. The van der Waals surface area contributed by atoms with Gasteiger partial charge < -0.3 is 5.32 Å². The normalized spacial score (nSPS) is 21.6. The summed E-state index contributed by atoms with van der Waals surface area (Å²) < 4.78 is 0. The Morgan fingerprint density at radius 2 is 1.67 bits per heavy atom. The lowest BCUT2D eigenvalue weighted by atomic mass is 10.0. The molecule has 0 saturated heterocycles. The highest BCUT2D eigenvalue weighted by Crippen LogP contribution is 2.28. The molecule has 0 bridgehead atoms. The summed E-state index contributed by atoms with van der Waals surface area (Å²) in [5.41, 5.74) is 3.96. The van der Waals surface area contributed by atoms with E-state index in [4.69, 9.17) is 0 Å². The van der Waals surface area contributed by atoms with E-state index < -0.39 is 0 Å². The number of thioether (sulfide) groups is 1. The number of hydrogen-bond donors (Lipinski definition) is 1. The van der Waals surface area contributed by atoms with Crippen LogP contribution in [0.3, 0.4) is 0 Å². The van der Waals surface area contributed by atoms with E-state index in [-0.39, 0.29) is 0 Å². The molecule has 1 aliphatic carbocycles. The summed E-state index contributed by atoms with van der Waals surface area (Å²) >= 11 is 2.01. The second-order valence-electron chi connectivity index (χ2n) is 5.76. The Morgan fingerprint density at radius 1 is 0.952 bits per heavy atom. The SMILES string of the molecule is CSC1CCCC1NCc1ccc(-c2ccccc2)cc1. The molecule has 3 rings (SSSR count). The van der Waals surface area contributed by atoms with Crippen LogP contribution in [-0.2, 0) is 6.54 Å². The molecule has 1 nitrogen and oxygen atoms in total. The Labute approximate surface area is 132 Å². The summed E-state index contributed by atoms with van der Waals surface area (Å²) in [7, 11) is 0. The maximum Gasteiger partial charge on any atom is 0.0208 e. The summed E-state index contributed by atoms with van der Waals surface area (Å²) in [5, 5.41) is 4.54. The molecule has 0 amide bonds. The molecule has 110 valence electrons. The zero-order valence-electron chi connectivity index (χ0n) is 12.6. The van der Waals surface area contributed by atoms with Crippen molar-refractivity contribution in [2.24, 2.45) is 0 Å². The standard InChI is InChI=1S/C19H23NS/c1-21-19-9-5-8-18(19)20-14-15-10-12-17(13-11-15)16-6-3-2-4-7-16/h2-4,6-7,10-13,18-20H,5,8-9,14H2,1H3. The van der Waals surface area contributed by atoms with E-state index >= 15 is 0 Å². The maximum absolute atomic E-state index is 3.74. The van der Waals surface area contributed by atoms with Gasteiger partial charge in [-0.1, -0.05) is 61.0 Å². The highest BCUT2D eigenvalue weighted by molar-refractivity contribution is 7.99. The number of hydrogen-bond acceptors (Lipinski definition) is 2. The zero-order valence-corrected chi connectivity index (χ0v) is 13.4. The van der Waals surface area contributed by atoms with Crippen molar-refractivity contribution in [1.82, 2.24) is 5.32 Å². The molecule has 0 spiro atoms. The lowest BCUT2D eigenvalue weighted by Crippen LogP contribution is -2.33. The predicted octanol–water partition coefficient (Wildman–Crippen LogP) is 4.73. The molecule has 0 heterocycles. The van der Waals surface area contributed by atoms with Crippen LogP contribution in [0.2, 0.25) is 0 Å². The van der Waals surface area contributed by atoms with Crippen molar-refractivity contribution in [3.05, 3.63) is 60.2 Å². The van der Waals surface area contributed by atoms with Gasteiger partial charge in [0.05, 0.1) is 0 Å². The monoisotopic (exact) mass is 297 g/mol. The Bertz CT molecular complexity index is 550. The average molecular weight is 297 g/mol. The fourth-order valence-electron chi connectivity index (χ4n) is 3.14. The van der Waals surface area contributed by atoms with E-state index in [1.165, 1.54) is 36.0 Å². The molecule has 2 aromatic rings. The topological polar surface area (TPSA) is 12.0 Å². The van der Waals surface area contributed by atoms with E-state index in [9.17, 15) is 0 Å². The Morgan fingerprint density at radius 3 is 2.38 bits per heavy atom. The van der Waals surface area contributed by atoms with Crippen molar-refractivity contribution in [2.45, 2.75) is 37.1 Å². The highest BCUT2D eigenvalue weighted by atomic mass is 32.2. The molecule has 2 atom stereocenters. The van der Waals surface area contributed by atoms with Gasteiger partial charge in [-0.2, -0.15) is 11.8 Å². The Kier molecular flexibility index (Phi) is 5.00. The van der Waals surface area contributed by atoms with Crippen LogP contribution >= 0.6 is 11.8 Å². The summed E-state index contributed by atoms with van der Waals surface area (Å²) in [6.45, 7) is 0.983. The molecule has 1 fully saturated rings. The summed E-state index contributed by atoms with van der Waals surface area (Å²) in [6.07, 6.45) is 6.30. The molecule has 1 aliphatic rings. The third kappa shape index (κ3) is 3.69. The van der Waals surface area contributed by atoms with Crippen molar-refractivity contribution >= 4 is 11.8 Å². The Balaban J connectivity index is 1.60. The fourth-order valence-corrected chi connectivity index (χ4v) is 4.10. The second-order valence-corrected chi connectivity index (χ2v) is 6.83. The minimum atomic E-state index is 0.689. The average Bonchev–Trinajstić information content (AvgIpc) is 3.02. The minimum Gasteiger partial charge on any atom is -0.309 e. The van der Waals surface area contributed by atoms with Crippen molar-refractivity contribution in [1.29, 1.82) is 0 Å². The second kappa shape index (κ2) is 7.15. The van der Waals surface area contributed by atoms with Crippen LogP contribution in [0.1, 0.15) is 24.8 Å². The lowest BCUT2D eigenvalue weighted by molar-refractivity contribution is 0.532. The zero-order chi connectivity index (χ0) is 14.5. The molecule has 0 radical (unpaired) electrons. The van der Waals surface area contributed by atoms with Crippen LogP contribution in [-0.4, -0.2) is 17.5 Å². The van der Waals surface area contributed by atoms with Crippen LogP contribution in [0.25, 0.3) is 11.1 Å². The molecule has 2 unspecified atom stereocenters. The highest BCUT2D eigenvalue weighted by Gasteiger charge is 2.25. The molecular formula is C19H23NS.